The molecule has 1 heterocycles. The molecule has 0 radical (unpaired) electrons. The van der Waals surface area contributed by atoms with Gasteiger partial charge in [-0.05, 0) is 41.7 Å². The first-order chi connectivity index (χ1) is 15.0. The summed E-state index contributed by atoms with van der Waals surface area (Å²) in [5.41, 5.74) is 3.46. The molecule has 6 nitrogen and oxygen atoms in total. The Bertz CT molecular complexity index is 1020. The summed E-state index contributed by atoms with van der Waals surface area (Å²) < 4.78 is 0. The molecule has 1 aliphatic heterocycles. The van der Waals surface area contributed by atoms with Gasteiger partial charge in [0.2, 0.25) is 5.91 Å². The Kier molecular flexibility index (Phi) is 5.79. The van der Waals surface area contributed by atoms with E-state index in [0.717, 1.165) is 36.0 Å². The Labute approximate surface area is 182 Å². The summed E-state index contributed by atoms with van der Waals surface area (Å²) in [7, 11) is 3.45. The van der Waals surface area contributed by atoms with Crippen LogP contribution < -0.4 is 0 Å². The molecular formula is C25H27N3O3. The number of nitriles is 1. The van der Waals surface area contributed by atoms with Gasteiger partial charge in [0.1, 0.15) is 6.04 Å². The third kappa shape index (κ3) is 3.70. The van der Waals surface area contributed by atoms with Gasteiger partial charge in [0.15, 0.2) is 0 Å². The predicted molar refractivity (Wildman–Crippen MR) is 117 cm³/mol. The third-order valence-electron chi connectivity index (χ3n) is 6.58. The van der Waals surface area contributed by atoms with Crippen molar-refractivity contribution in [1.82, 2.24) is 9.80 Å². The van der Waals surface area contributed by atoms with Gasteiger partial charge in [-0.25, -0.2) is 0 Å². The lowest BCUT2D eigenvalue weighted by molar-refractivity contribution is -0.154. The van der Waals surface area contributed by atoms with Gasteiger partial charge >= 0.3 is 0 Å². The largest absolute Gasteiger partial charge is 0.394 e. The van der Waals surface area contributed by atoms with Crippen molar-refractivity contribution in [3.8, 4) is 17.2 Å². The minimum atomic E-state index is -0.544. The fraction of sp³-hybridized carbons (Fsp3) is 0.400. The zero-order chi connectivity index (χ0) is 22.1. The molecule has 1 N–H and O–H groups in total. The van der Waals surface area contributed by atoms with E-state index in [1.807, 2.05) is 42.5 Å². The van der Waals surface area contributed by atoms with Crippen LogP contribution in [-0.2, 0) is 4.79 Å². The molecule has 160 valence electrons. The minimum absolute atomic E-state index is 0.00498. The lowest BCUT2D eigenvalue weighted by atomic mass is 9.73. The first kappa shape index (κ1) is 21.1. The molecule has 31 heavy (non-hydrogen) atoms. The number of benzene rings is 2. The second-order valence-electron chi connectivity index (χ2n) is 8.63. The molecule has 0 spiro atoms. The van der Waals surface area contributed by atoms with E-state index in [0.29, 0.717) is 5.56 Å². The summed E-state index contributed by atoms with van der Waals surface area (Å²) in [6, 6.07) is 16.7. The van der Waals surface area contributed by atoms with Gasteiger partial charge in [-0.3, -0.25) is 9.59 Å². The number of amides is 2. The number of carbonyl (C=O) groups is 2. The van der Waals surface area contributed by atoms with Crippen molar-refractivity contribution in [2.45, 2.75) is 37.3 Å². The van der Waals surface area contributed by atoms with E-state index in [1.165, 1.54) is 0 Å². The topological polar surface area (TPSA) is 84.6 Å². The summed E-state index contributed by atoms with van der Waals surface area (Å²) in [6.07, 6.45) is 2.80. The lowest BCUT2D eigenvalue weighted by Crippen LogP contribution is -2.66. The van der Waals surface area contributed by atoms with Gasteiger partial charge < -0.3 is 14.9 Å². The van der Waals surface area contributed by atoms with E-state index >= 15 is 0 Å². The highest BCUT2D eigenvalue weighted by Crippen LogP contribution is 2.43. The molecule has 1 saturated carbocycles. The molecule has 2 aromatic rings. The molecule has 2 amide bonds. The first-order valence-electron chi connectivity index (χ1n) is 10.7. The average molecular weight is 418 g/mol. The predicted octanol–water partition coefficient (Wildman–Crippen LogP) is 3.03. The van der Waals surface area contributed by atoms with Crippen LogP contribution in [0.2, 0.25) is 0 Å². The number of nitrogens with zero attached hydrogens (tertiary/aromatic N) is 3. The van der Waals surface area contributed by atoms with E-state index in [2.05, 4.69) is 6.07 Å². The number of rotatable bonds is 5. The van der Waals surface area contributed by atoms with Crippen LogP contribution in [0, 0.1) is 17.2 Å². The fourth-order valence-electron chi connectivity index (χ4n) is 4.56. The van der Waals surface area contributed by atoms with Crippen molar-refractivity contribution in [2.75, 3.05) is 20.7 Å². The summed E-state index contributed by atoms with van der Waals surface area (Å²) >= 11 is 0. The van der Waals surface area contributed by atoms with Gasteiger partial charge in [-0.1, -0.05) is 42.8 Å². The fourth-order valence-corrected chi connectivity index (χ4v) is 4.56. The minimum Gasteiger partial charge on any atom is -0.394 e. The van der Waals surface area contributed by atoms with Gasteiger partial charge in [0, 0.05) is 31.5 Å². The van der Waals surface area contributed by atoms with Crippen LogP contribution in [0.25, 0.3) is 11.1 Å². The van der Waals surface area contributed by atoms with Gasteiger partial charge in [-0.2, -0.15) is 5.26 Å². The standard InChI is InChI=1S/C25H27N3O3/c1-27(2)24(30)20-8-4-7-19(13-20)16-9-11-17(12-10-16)23-21(14-26)28(22(23)15-29)25(31)18-5-3-6-18/h4,7-13,18,21-23,29H,3,5-6,15H2,1-2H3/t21-,22+,23+/m0/s1. The summed E-state index contributed by atoms with van der Waals surface area (Å²) in [6.45, 7) is -0.155. The van der Waals surface area contributed by atoms with Crippen molar-refractivity contribution in [2.24, 2.45) is 5.92 Å². The number of aliphatic hydroxyl groups excluding tert-OH is 1. The zero-order valence-electron chi connectivity index (χ0n) is 17.9. The number of hydrogen-bond acceptors (Lipinski definition) is 4. The van der Waals surface area contributed by atoms with Crippen LogP contribution >= 0.6 is 0 Å². The lowest BCUT2D eigenvalue weighted by Gasteiger charge is -2.53. The second-order valence-corrected chi connectivity index (χ2v) is 8.63. The molecular weight excluding hydrogens is 390 g/mol. The molecule has 0 aromatic heterocycles. The molecule has 2 fully saturated rings. The summed E-state index contributed by atoms with van der Waals surface area (Å²) in [4.78, 5) is 28.1. The highest BCUT2D eigenvalue weighted by Gasteiger charge is 2.53. The maximum atomic E-state index is 12.7. The van der Waals surface area contributed by atoms with E-state index < -0.39 is 6.04 Å². The Hall–Kier alpha value is -3.17. The van der Waals surface area contributed by atoms with E-state index in [-0.39, 0.29) is 36.3 Å². The average Bonchev–Trinajstić information content (AvgIpc) is 2.72. The van der Waals surface area contributed by atoms with Crippen molar-refractivity contribution in [3.63, 3.8) is 0 Å². The smallest absolute Gasteiger partial charge is 0.253 e. The molecule has 0 unspecified atom stereocenters. The van der Waals surface area contributed by atoms with E-state index in [9.17, 15) is 20.0 Å². The Morgan fingerprint density at radius 1 is 1.13 bits per heavy atom. The molecule has 1 aliphatic carbocycles. The maximum absolute atomic E-state index is 12.7. The van der Waals surface area contributed by atoms with Crippen molar-refractivity contribution in [3.05, 3.63) is 59.7 Å². The van der Waals surface area contributed by atoms with Gasteiger partial charge in [-0.15, -0.1) is 0 Å². The van der Waals surface area contributed by atoms with Gasteiger partial charge in [0.25, 0.3) is 5.91 Å². The van der Waals surface area contributed by atoms with Gasteiger partial charge in [0.05, 0.1) is 18.7 Å². The van der Waals surface area contributed by atoms with Crippen LogP contribution in [0.15, 0.2) is 48.5 Å². The maximum Gasteiger partial charge on any atom is 0.253 e. The second kappa shape index (κ2) is 8.52. The van der Waals surface area contributed by atoms with E-state index in [1.54, 1.807) is 30.0 Å². The Morgan fingerprint density at radius 3 is 2.39 bits per heavy atom. The van der Waals surface area contributed by atoms with Crippen molar-refractivity contribution in [1.29, 1.82) is 5.26 Å². The number of hydrogen-bond donors (Lipinski definition) is 1. The number of aliphatic hydroxyl groups is 1. The van der Waals surface area contributed by atoms with Crippen LogP contribution in [0.3, 0.4) is 0 Å². The molecule has 3 atom stereocenters. The zero-order valence-corrected chi connectivity index (χ0v) is 17.9. The highest BCUT2D eigenvalue weighted by atomic mass is 16.3. The highest BCUT2D eigenvalue weighted by molar-refractivity contribution is 5.95. The summed E-state index contributed by atoms with van der Waals surface area (Å²) in [5.74, 6) is -0.237. The Balaban J connectivity index is 1.55. The normalized spacial score (nSPS) is 22.8. The molecule has 6 heteroatoms. The third-order valence-corrected chi connectivity index (χ3v) is 6.58. The molecule has 2 aromatic carbocycles. The molecule has 2 aliphatic rings. The Morgan fingerprint density at radius 2 is 1.84 bits per heavy atom. The molecule has 4 rings (SSSR count). The van der Waals surface area contributed by atoms with Crippen LogP contribution in [0.4, 0.5) is 0 Å². The van der Waals surface area contributed by atoms with Crippen molar-refractivity contribution >= 4 is 11.8 Å². The number of likely N-dealkylation sites (tertiary alicyclic amines) is 1. The van der Waals surface area contributed by atoms with Crippen LogP contribution in [-0.4, -0.2) is 59.5 Å². The molecule has 0 bridgehead atoms. The SMILES string of the molecule is CN(C)C(=O)c1cccc(-c2ccc([C@H]3[C@@H](CO)N(C(=O)C4CCC4)[C@H]3C#N)cc2)c1. The van der Waals surface area contributed by atoms with E-state index in [4.69, 9.17) is 0 Å². The first-order valence-corrected chi connectivity index (χ1v) is 10.7. The van der Waals surface area contributed by atoms with Crippen molar-refractivity contribution < 1.29 is 14.7 Å². The quantitative estimate of drug-likeness (QED) is 0.810. The van der Waals surface area contributed by atoms with Crippen LogP contribution in [0.1, 0.15) is 41.1 Å². The van der Waals surface area contributed by atoms with Crippen LogP contribution in [0.5, 0.6) is 0 Å². The molecule has 1 saturated heterocycles. The summed E-state index contributed by atoms with van der Waals surface area (Å²) in [5, 5.41) is 19.7. The number of carbonyl (C=O) groups excluding carboxylic acids is 2. The monoisotopic (exact) mass is 417 g/mol.